The van der Waals surface area contributed by atoms with E-state index in [9.17, 15) is 14.4 Å². The molecule has 2 aromatic rings. The van der Waals surface area contributed by atoms with E-state index in [1.54, 1.807) is 51.1 Å². The molecule has 0 heterocycles. The molecule has 0 saturated carbocycles. The first-order valence-corrected chi connectivity index (χ1v) is 10.6. The SMILES string of the molecule is CC(C)(C)OC(=O)NCCC(=O)Nc1ccc(CNC(=O)/C=C/c2cccc(Cl)c2)cc1. The summed E-state index contributed by atoms with van der Waals surface area (Å²) in [5.41, 5.74) is 1.77. The van der Waals surface area contributed by atoms with E-state index in [-0.39, 0.29) is 24.8 Å². The standard InChI is InChI=1S/C24H28ClN3O4/c1-24(2,3)32-23(31)26-14-13-22(30)28-20-10-7-18(8-11-20)16-27-21(29)12-9-17-5-4-6-19(25)15-17/h4-12,15H,13-14,16H2,1-3H3,(H,26,31)(H,27,29)(H,28,30)/b12-9+. The van der Waals surface area contributed by atoms with Crippen LogP contribution < -0.4 is 16.0 Å². The highest BCUT2D eigenvalue weighted by molar-refractivity contribution is 6.30. The van der Waals surface area contributed by atoms with E-state index in [2.05, 4.69) is 16.0 Å². The summed E-state index contributed by atoms with van der Waals surface area (Å²) in [6.45, 7) is 5.84. The maximum Gasteiger partial charge on any atom is 0.407 e. The van der Waals surface area contributed by atoms with Gasteiger partial charge in [0.1, 0.15) is 5.60 Å². The first kappa shape index (κ1) is 24.9. The van der Waals surface area contributed by atoms with Crippen molar-refractivity contribution in [3.05, 3.63) is 70.8 Å². The normalized spacial score (nSPS) is 11.1. The van der Waals surface area contributed by atoms with Gasteiger partial charge >= 0.3 is 6.09 Å². The van der Waals surface area contributed by atoms with Crippen molar-refractivity contribution in [1.29, 1.82) is 0 Å². The van der Waals surface area contributed by atoms with Gasteiger partial charge in [0, 0.05) is 36.3 Å². The number of anilines is 1. The minimum absolute atomic E-state index is 0.121. The summed E-state index contributed by atoms with van der Waals surface area (Å²) >= 11 is 5.92. The van der Waals surface area contributed by atoms with Gasteiger partial charge in [0.25, 0.3) is 0 Å². The second kappa shape index (κ2) is 11.9. The van der Waals surface area contributed by atoms with E-state index in [4.69, 9.17) is 16.3 Å². The second-order valence-corrected chi connectivity index (χ2v) is 8.47. The van der Waals surface area contributed by atoms with Crippen LogP contribution in [0.2, 0.25) is 5.02 Å². The van der Waals surface area contributed by atoms with Gasteiger partial charge in [0.15, 0.2) is 0 Å². The Morgan fingerprint density at radius 3 is 2.41 bits per heavy atom. The molecule has 0 aliphatic heterocycles. The van der Waals surface area contributed by atoms with Crippen molar-refractivity contribution in [2.45, 2.75) is 39.3 Å². The molecule has 2 rings (SSSR count). The van der Waals surface area contributed by atoms with Crippen LogP contribution in [0.4, 0.5) is 10.5 Å². The second-order valence-electron chi connectivity index (χ2n) is 8.03. The molecule has 0 radical (unpaired) electrons. The number of hydrogen-bond donors (Lipinski definition) is 3. The van der Waals surface area contributed by atoms with Crippen LogP contribution in [0, 0.1) is 0 Å². The number of rotatable bonds is 8. The predicted octanol–water partition coefficient (Wildman–Crippen LogP) is 4.52. The molecule has 170 valence electrons. The van der Waals surface area contributed by atoms with Crippen LogP contribution in [0.25, 0.3) is 6.08 Å². The lowest BCUT2D eigenvalue weighted by atomic mass is 10.2. The number of halogens is 1. The lowest BCUT2D eigenvalue weighted by Gasteiger charge is -2.19. The van der Waals surface area contributed by atoms with E-state index < -0.39 is 11.7 Å². The van der Waals surface area contributed by atoms with Crippen molar-refractivity contribution < 1.29 is 19.1 Å². The third-order valence-electron chi connectivity index (χ3n) is 4.00. The highest BCUT2D eigenvalue weighted by atomic mass is 35.5. The molecule has 0 aliphatic rings. The summed E-state index contributed by atoms with van der Waals surface area (Å²) in [6.07, 6.45) is 2.71. The quantitative estimate of drug-likeness (QED) is 0.507. The highest BCUT2D eigenvalue weighted by Crippen LogP contribution is 2.12. The van der Waals surface area contributed by atoms with Gasteiger partial charge in [0.2, 0.25) is 11.8 Å². The number of carbonyl (C=O) groups is 3. The van der Waals surface area contributed by atoms with Crippen LogP contribution in [0.5, 0.6) is 0 Å². The molecular formula is C24H28ClN3O4. The molecule has 0 atom stereocenters. The number of alkyl carbamates (subject to hydrolysis) is 1. The Bertz CT molecular complexity index is 966. The Kier molecular flexibility index (Phi) is 9.28. The van der Waals surface area contributed by atoms with Crippen LogP contribution >= 0.6 is 11.6 Å². The smallest absolute Gasteiger partial charge is 0.407 e. The maximum atomic E-state index is 12.0. The van der Waals surface area contributed by atoms with Crippen molar-refractivity contribution in [2.24, 2.45) is 0 Å². The lowest BCUT2D eigenvalue weighted by molar-refractivity contribution is -0.117. The van der Waals surface area contributed by atoms with Crippen LogP contribution in [-0.2, 0) is 20.9 Å². The number of benzene rings is 2. The highest BCUT2D eigenvalue weighted by Gasteiger charge is 2.15. The third kappa shape index (κ3) is 10.1. The van der Waals surface area contributed by atoms with Gasteiger partial charge in [-0.2, -0.15) is 0 Å². The van der Waals surface area contributed by atoms with Gasteiger partial charge < -0.3 is 20.7 Å². The molecule has 0 unspecified atom stereocenters. The molecule has 3 amide bonds. The molecular weight excluding hydrogens is 430 g/mol. The number of carbonyl (C=O) groups excluding carboxylic acids is 3. The van der Waals surface area contributed by atoms with Crippen LogP contribution in [0.3, 0.4) is 0 Å². The van der Waals surface area contributed by atoms with E-state index in [1.807, 2.05) is 24.3 Å². The summed E-state index contributed by atoms with van der Waals surface area (Å²) in [5.74, 6) is -0.451. The zero-order valence-electron chi connectivity index (χ0n) is 18.4. The Morgan fingerprint density at radius 2 is 1.75 bits per heavy atom. The minimum Gasteiger partial charge on any atom is -0.444 e. The maximum absolute atomic E-state index is 12.0. The largest absolute Gasteiger partial charge is 0.444 e. The summed E-state index contributed by atoms with van der Waals surface area (Å²) in [7, 11) is 0. The van der Waals surface area contributed by atoms with Crippen molar-refractivity contribution >= 4 is 41.3 Å². The Hall–Kier alpha value is -3.32. The minimum atomic E-state index is -0.583. The zero-order chi connectivity index (χ0) is 23.6. The van der Waals surface area contributed by atoms with Crippen molar-refractivity contribution in [3.63, 3.8) is 0 Å². The van der Waals surface area contributed by atoms with Gasteiger partial charge in [-0.3, -0.25) is 9.59 Å². The number of amides is 3. The van der Waals surface area contributed by atoms with E-state index in [0.29, 0.717) is 17.3 Å². The third-order valence-corrected chi connectivity index (χ3v) is 4.24. The summed E-state index contributed by atoms with van der Waals surface area (Å²) in [4.78, 5) is 35.6. The van der Waals surface area contributed by atoms with Gasteiger partial charge in [-0.25, -0.2) is 4.79 Å². The molecule has 2 aromatic carbocycles. The first-order chi connectivity index (χ1) is 15.1. The summed E-state index contributed by atoms with van der Waals surface area (Å²) in [6, 6.07) is 14.3. The Labute approximate surface area is 193 Å². The fraction of sp³-hybridized carbons (Fsp3) is 0.292. The molecule has 0 bridgehead atoms. The molecule has 3 N–H and O–H groups in total. The number of hydrogen-bond acceptors (Lipinski definition) is 4. The van der Waals surface area contributed by atoms with Gasteiger partial charge in [-0.1, -0.05) is 35.9 Å². The molecule has 0 saturated heterocycles. The Balaban J connectivity index is 1.71. The van der Waals surface area contributed by atoms with Gasteiger partial charge in [-0.05, 0) is 62.2 Å². The zero-order valence-corrected chi connectivity index (χ0v) is 19.2. The fourth-order valence-corrected chi connectivity index (χ4v) is 2.75. The van der Waals surface area contributed by atoms with Crippen LogP contribution in [0.1, 0.15) is 38.3 Å². The van der Waals surface area contributed by atoms with E-state index in [0.717, 1.165) is 11.1 Å². The molecule has 8 heteroatoms. The lowest BCUT2D eigenvalue weighted by Crippen LogP contribution is -2.34. The predicted molar refractivity (Wildman–Crippen MR) is 126 cm³/mol. The van der Waals surface area contributed by atoms with E-state index in [1.165, 1.54) is 6.08 Å². The van der Waals surface area contributed by atoms with E-state index >= 15 is 0 Å². The van der Waals surface area contributed by atoms with Crippen LogP contribution in [-0.4, -0.2) is 30.1 Å². The average molecular weight is 458 g/mol. The van der Waals surface area contributed by atoms with Crippen LogP contribution in [0.15, 0.2) is 54.6 Å². The van der Waals surface area contributed by atoms with Gasteiger partial charge in [-0.15, -0.1) is 0 Å². The van der Waals surface area contributed by atoms with Crippen molar-refractivity contribution in [1.82, 2.24) is 10.6 Å². The van der Waals surface area contributed by atoms with Crippen molar-refractivity contribution in [2.75, 3.05) is 11.9 Å². The summed E-state index contributed by atoms with van der Waals surface area (Å²) < 4.78 is 5.11. The first-order valence-electron chi connectivity index (χ1n) is 10.2. The molecule has 0 fully saturated rings. The number of ether oxygens (including phenoxy) is 1. The summed E-state index contributed by atoms with van der Waals surface area (Å²) in [5, 5.41) is 8.71. The molecule has 7 nitrogen and oxygen atoms in total. The topological polar surface area (TPSA) is 96.5 Å². The molecule has 0 aliphatic carbocycles. The molecule has 0 aromatic heterocycles. The fourth-order valence-electron chi connectivity index (χ4n) is 2.55. The van der Waals surface area contributed by atoms with Gasteiger partial charge in [0.05, 0.1) is 0 Å². The number of nitrogens with one attached hydrogen (secondary N) is 3. The monoisotopic (exact) mass is 457 g/mol. The molecule has 32 heavy (non-hydrogen) atoms. The van der Waals surface area contributed by atoms with Crippen molar-refractivity contribution in [3.8, 4) is 0 Å². The average Bonchev–Trinajstić information content (AvgIpc) is 2.70. The molecule has 0 spiro atoms. The Morgan fingerprint density at radius 1 is 1.03 bits per heavy atom.